The van der Waals surface area contributed by atoms with E-state index in [1.165, 1.54) is 20.3 Å². The van der Waals surface area contributed by atoms with E-state index in [0.29, 0.717) is 22.2 Å². The molecule has 3 rings (SSSR count). The number of hydrogen-bond acceptors (Lipinski definition) is 5. The first-order chi connectivity index (χ1) is 12.5. The van der Waals surface area contributed by atoms with Crippen LogP contribution in [0.15, 0.2) is 42.5 Å². The Kier molecular flexibility index (Phi) is 4.75. The summed E-state index contributed by atoms with van der Waals surface area (Å²) in [5.74, 6) is -0.529. The second-order valence-electron chi connectivity index (χ2n) is 5.52. The van der Waals surface area contributed by atoms with E-state index in [1.54, 1.807) is 42.5 Å². The van der Waals surface area contributed by atoms with Crippen LogP contribution in [-0.4, -0.2) is 35.4 Å². The molecule has 3 aromatic rings. The number of carbonyl (C=O) groups is 1. The van der Waals surface area contributed by atoms with Gasteiger partial charge in [-0.2, -0.15) is 0 Å². The normalized spacial score (nSPS) is 11.0. The maximum Gasteiger partial charge on any atom is 0.336 e. The highest BCUT2D eigenvalue weighted by Crippen LogP contribution is 2.37. The van der Waals surface area contributed by atoms with Gasteiger partial charge in [0.25, 0.3) is 0 Å². The van der Waals surface area contributed by atoms with Gasteiger partial charge in [0.2, 0.25) is 5.75 Å². The first-order valence-corrected chi connectivity index (χ1v) is 7.79. The van der Waals surface area contributed by atoms with E-state index in [2.05, 4.69) is 4.98 Å². The van der Waals surface area contributed by atoms with E-state index < -0.39 is 5.97 Å². The van der Waals surface area contributed by atoms with Crippen molar-refractivity contribution in [2.45, 2.75) is 0 Å². The Morgan fingerprint density at radius 3 is 2.31 bits per heavy atom. The minimum absolute atomic E-state index is 0.0795. The number of phenolic OH excluding ortho intramolecular Hbond substituents is 1. The lowest BCUT2D eigenvalue weighted by Gasteiger charge is -2.09. The highest BCUT2D eigenvalue weighted by molar-refractivity contribution is 6.03. The summed E-state index contributed by atoms with van der Waals surface area (Å²) in [6, 6.07) is 11.9. The Labute approximate surface area is 150 Å². The molecule has 1 heterocycles. The predicted molar refractivity (Wildman–Crippen MR) is 98.8 cm³/mol. The van der Waals surface area contributed by atoms with Crippen molar-refractivity contribution in [3.63, 3.8) is 0 Å². The smallest absolute Gasteiger partial charge is 0.336 e. The lowest BCUT2D eigenvalue weighted by atomic mass is 10.1. The summed E-state index contributed by atoms with van der Waals surface area (Å²) in [6.07, 6.45) is 3.44. The van der Waals surface area contributed by atoms with Gasteiger partial charge in [-0.3, -0.25) is 0 Å². The third-order valence-corrected chi connectivity index (χ3v) is 3.92. The fourth-order valence-corrected chi connectivity index (χ4v) is 2.65. The summed E-state index contributed by atoms with van der Waals surface area (Å²) in [6.45, 7) is 0. The van der Waals surface area contributed by atoms with Crippen LogP contribution in [0.1, 0.15) is 21.6 Å². The number of phenols is 1. The van der Waals surface area contributed by atoms with Crippen LogP contribution in [-0.2, 0) is 0 Å². The molecule has 6 heteroatoms. The van der Waals surface area contributed by atoms with E-state index in [1.807, 2.05) is 6.07 Å². The molecule has 0 bridgehead atoms. The van der Waals surface area contributed by atoms with Gasteiger partial charge < -0.3 is 19.7 Å². The van der Waals surface area contributed by atoms with Crippen LogP contribution in [0.3, 0.4) is 0 Å². The van der Waals surface area contributed by atoms with Crippen LogP contribution < -0.4 is 9.47 Å². The first-order valence-electron chi connectivity index (χ1n) is 7.79. The lowest BCUT2D eigenvalue weighted by Crippen LogP contribution is -2.00. The van der Waals surface area contributed by atoms with Crippen molar-refractivity contribution in [2.75, 3.05) is 14.2 Å². The van der Waals surface area contributed by atoms with Gasteiger partial charge in [-0.1, -0.05) is 24.3 Å². The monoisotopic (exact) mass is 351 g/mol. The molecule has 0 saturated heterocycles. The van der Waals surface area contributed by atoms with Gasteiger partial charge in [0.1, 0.15) is 0 Å². The summed E-state index contributed by atoms with van der Waals surface area (Å²) in [5, 5.41) is 20.0. The SMILES string of the molecule is COc1cc(C=Cc2cc(C(=O)O)c3ccccc3n2)cc(OC)c1O. The zero-order valence-corrected chi connectivity index (χ0v) is 14.3. The van der Waals surface area contributed by atoms with Gasteiger partial charge in [-0.15, -0.1) is 0 Å². The van der Waals surface area contributed by atoms with Crippen molar-refractivity contribution >= 4 is 29.0 Å². The molecule has 0 unspecified atom stereocenters. The number of para-hydroxylation sites is 1. The van der Waals surface area contributed by atoms with E-state index in [4.69, 9.17) is 9.47 Å². The number of ether oxygens (including phenoxy) is 2. The Morgan fingerprint density at radius 2 is 1.69 bits per heavy atom. The molecule has 6 nitrogen and oxygen atoms in total. The number of methoxy groups -OCH3 is 2. The van der Waals surface area contributed by atoms with Crippen molar-refractivity contribution in [3.8, 4) is 17.2 Å². The quantitative estimate of drug-likeness (QED) is 0.726. The first kappa shape index (κ1) is 17.3. The average molecular weight is 351 g/mol. The van der Waals surface area contributed by atoms with Gasteiger partial charge in [-0.25, -0.2) is 9.78 Å². The molecule has 0 aliphatic heterocycles. The molecule has 132 valence electrons. The van der Waals surface area contributed by atoms with Gasteiger partial charge in [-0.05, 0) is 35.9 Å². The summed E-state index contributed by atoms with van der Waals surface area (Å²) in [5.41, 5.74) is 2.01. The largest absolute Gasteiger partial charge is 0.502 e. The fourth-order valence-electron chi connectivity index (χ4n) is 2.65. The number of carboxylic acid groups (broad SMARTS) is 1. The molecule has 0 radical (unpaired) electrons. The third kappa shape index (κ3) is 3.30. The summed E-state index contributed by atoms with van der Waals surface area (Å²) < 4.78 is 10.3. The minimum Gasteiger partial charge on any atom is -0.502 e. The predicted octanol–water partition coefficient (Wildman–Crippen LogP) is 3.83. The number of aromatic nitrogens is 1. The van der Waals surface area contributed by atoms with Crippen LogP contribution in [0.4, 0.5) is 0 Å². The Morgan fingerprint density at radius 1 is 1.04 bits per heavy atom. The number of rotatable bonds is 5. The van der Waals surface area contributed by atoms with Crippen molar-refractivity contribution in [1.29, 1.82) is 0 Å². The Hall–Kier alpha value is -3.54. The van der Waals surface area contributed by atoms with Crippen molar-refractivity contribution in [2.24, 2.45) is 0 Å². The highest BCUT2D eigenvalue weighted by atomic mass is 16.5. The Bertz CT molecular complexity index is 985. The zero-order valence-electron chi connectivity index (χ0n) is 14.3. The van der Waals surface area contributed by atoms with Crippen LogP contribution >= 0.6 is 0 Å². The van der Waals surface area contributed by atoms with E-state index in [-0.39, 0.29) is 22.8 Å². The van der Waals surface area contributed by atoms with E-state index >= 15 is 0 Å². The number of fused-ring (bicyclic) bond motifs is 1. The number of benzene rings is 2. The lowest BCUT2D eigenvalue weighted by molar-refractivity contribution is 0.0699. The van der Waals surface area contributed by atoms with E-state index in [9.17, 15) is 15.0 Å². The molecule has 2 aromatic carbocycles. The molecule has 26 heavy (non-hydrogen) atoms. The number of hydrogen-bond donors (Lipinski definition) is 2. The summed E-state index contributed by atoms with van der Waals surface area (Å²) in [4.78, 5) is 16.0. The van der Waals surface area contributed by atoms with Crippen LogP contribution in [0.25, 0.3) is 23.1 Å². The molecule has 0 aliphatic carbocycles. The maximum atomic E-state index is 11.5. The molecule has 2 N–H and O–H groups in total. The topological polar surface area (TPSA) is 88.9 Å². The number of nitrogens with zero attached hydrogens (tertiary/aromatic N) is 1. The molecular weight excluding hydrogens is 334 g/mol. The highest BCUT2D eigenvalue weighted by Gasteiger charge is 2.12. The maximum absolute atomic E-state index is 11.5. The number of aromatic hydroxyl groups is 1. The fraction of sp³-hybridized carbons (Fsp3) is 0.100. The summed E-state index contributed by atoms with van der Waals surface area (Å²) >= 11 is 0. The van der Waals surface area contributed by atoms with Gasteiger partial charge >= 0.3 is 5.97 Å². The molecule has 0 amide bonds. The minimum atomic E-state index is -1.01. The second kappa shape index (κ2) is 7.14. The molecule has 0 aliphatic rings. The third-order valence-electron chi connectivity index (χ3n) is 3.92. The molecule has 0 fully saturated rings. The van der Waals surface area contributed by atoms with Crippen molar-refractivity contribution in [1.82, 2.24) is 4.98 Å². The van der Waals surface area contributed by atoms with Crippen molar-refractivity contribution < 1.29 is 24.5 Å². The van der Waals surface area contributed by atoms with Crippen LogP contribution in [0.5, 0.6) is 17.2 Å². The van der Waals surface area contributed by atoms with E-state index in [0.717, 1.165) is 0 Å². The van der Waals surface area contributed by atoms with Crippen LogP contribution in [0, 0.1) is 0 Å². The van der Waals surface area contributed by atoms with Crippen molar-refractivity contribution in [3.05, 3.63) is 59.3 Å². The second-order valence-corrected chi connectivity index (χ2v) is 5.52. The number of carboxylic acids is 1. The molecule has 0 atom stereocenters. The zero-order chi connectivity index (χ0) is 18.7. The van der Waals surface area contributed by atoms with Gasteiger partial charge in [0, 0.05) is 5.39 Å². The standard InChI is InChI=1S/C20H17NO5/c1-25-17-9-12(10-18(26-2)19(17)22)7-8-13-11-15(20(23)24)14-5-3-4-6-16(14)21-13/h3-11,22H,1-2H3,(H,23,24). The molecule has 0 saturated carbocycles. The van der Waals surface area contributed by atoms with Gasteiger partial charge in [0.15, 0.2) is 11.5 Å². The molecule has 1 aromatic heterocycles. The number of pyridine rings is 1. The molecule has 0 spiro atoms. The van der Waals surface area contributed by atoms with Crippen LogP contribution in [0.2, 0.25) is 0 Å². The molecular formula is C20H17NO5. The average Bonchev–Trinajstić information content (AvgIpc) is 2.66. The Balaban J connectivity index is 2.05. The number of aromatic carboxylic acids is 1. The van der Waals surface area contributed by atoms with Gasteiger partial charge in [0.05, 0.1) is 31.0 Å². The summed E-state index contributed by atoms with van der Waals surface area (Å²) in [7, 11) is 2.90.